The SMILES string of the molecule is CC(=O)C=CCC(=O)C(C)(C)C. The monoisotopic (exact) mass is 168 g/mol. The molecule has 0 aromatic heterocycles. The van der Waals surface area contributed by atoms with E-state index in [-0.39, 0.29) is 17.0 Å². The van der Waals surface area contributed by atoms with E-state index in [2.05, 4.69) is 0 Å². The zero-order valence-electron chi connectivity index (χ0n) is 8.18. The van der Waals surface area contributed by atoms with Crippen LogP contribution in [-0.4, -0.2) is 11.6 Å². The summed E-state index contributed by atoms with van der Waals surface area (Å²) < 4.78 is 0. The fourth-order valence-corrected chi connectivity index (χ4v) is 0.638. The van der Waals surface area contributed by atoms with Crippen molar-refractivity contribution in [3.05, 3.63) is 12.2 Å². The van der Waals surface area contributed by atoms with E-state index < -0.39 is 0 Å². The van der Waals surface area contributed by atoms with E-state index in [0.717, 1.165) is 0 Å². The number of carbonyl (C=O) groups excluding carboxylic acids is 2. The van der Waals surface area contributed by atoms with Gasteiger partial charge in [0.15, 0.2) is 5.78 Å². The number of hydrogen-bond donors (Lipinski definition) is 0. The highest BCUT2D eigenvalue weighted by molar-refractivity contribution is 5.89. The van der Waals surface area contributed by atoms with Crippen LogP contribution in [0.15, 0.2) is 12.2 Å². The second-order valence-corrected chi connectivity index (χ2v) is 3.89. The van der Waals surface area contributed by atoms with E-state index in [4.69, 9.17) is 0 Å². The van der Waals surface area contributed by atoms with Gasteiger partial charge in [0.05, 0.1) is 0 Å². The lowest BCUT2D eigenvalue weighted by Gasteiger charge is -2.14. The molecule has 0 aliphatic rings. The third-order valence-electron chi connectivity index (χ3n) is 1.49. The topological polar surface area (TPSA) is 34.1 Å². The van der Waals surface area contributed by atoms with Gasteiger partial charge in [0, 0.05) is 11.8 Å². The average Bonchev–Trinajstić information content (AvgIpc) is 1.84. The maximum atomic E-state index is 11.3. The molecule has 0 aromatic rings. The minimum Gasteiger partial charge on any atom is -0.299 e. The van der Waals surface area contributed by atoms with Crippen molar-refractivity contribution >= 4 is 11.6 Å². The Morgan fingerprint density at radius 2 is 1.75 bits per heavy atom. The fraction of sp³-hybridized carbons (Fsp3) is 0.600. The molecule has 2 heteroatoms. The van der Waals surface area contributed by atoms with Gasteiger partial charge in [-0.15, -0.1) is 0 Å². The number of rotatable bonds is 3. The zero-order valence-corrected chi connectivity index (χ0v) is 8.18. The molecule has 68 valence electrons. The first kappa shape index (κ1) is 11.1. The van der Waals surface area contributed by atoms with Crippen molar-refractivity contribution in [2.45, 2.75) is 34.1 Å². The Hall–Kier alpha value is -0.920. The van der Waals surface area contributed by atoms with E-state index in [1.807, 2.05) is 20.8 Å². The van der Waals surface area contributed by atoms with Gasteiger partial charge in [-0.2, -0.15) is 0 Å². The highest BCUT2D eigenvalue weighted by Gasteiger charge is 2.18. The van der Waals surface area contributed by atoms with Crippen LogP contribution in [0.1, 0.15) is 34.1 Å². The minimum absolute atomic E-state index is 0.0169. The maximum Gasteiger partial charge on any atom is 0.152 e. The quantitative estimate of drug-likeness (QED) is 0.605. The molecule has 0 bridgehead atoms. The number of Topliss-reactive ketones (excluding diaryl/α,β-unsaturated/α-hetero) is 1. The van der Waals surface area contributed by atoms with Gasteiger partial charge in [0.1, 0.15) is 5.78 Å². The Labute approximate surface area is 73.7 Å². The van der Waals surface area contributed by atoms with Crippen molar-refractivity contribution in [3.63, 3.8) is 0 Å². The Bertz CT molecular complexity index is 206. The number of ketones is 2. The molecule has 0 aliphatic heterocycles. The summed E-state index contributed by atoms with van der Waals surface area (Å²) in [5.41, 5.74) is -0.304. The van der Waals surface area contributed by atoms with Crippen LogP contribution in [0.5, 0.6) is 0 Å². The van der Waals surface area contributed by atoms with E-state index in [1.165, 1.54) is 13.0 Å². The van der Waals surface area contributed by atoms with Gasteiger partial charge >= 0.3 is 0 Å². The van der Waals surface area contributed by atoms with Crippen molar-refractivity contribution in [2.75, 3.05) is 0 Å². The summed E-state index contributed by atoms with van der Waals surface area (Å²) in [6, 6.07) is 0. The first-order chi connectivity index (χ1) is 5.34. The van der Waals surface area contributed by atoms with Crippen molar-refractivity contribution in [2.24, 2.45) is 5.41 Å². The predicted octanol–water partition coefficient (Wildman–Crippen LogP) is 2.14. The van der Waals surface area contributed by atoms with Crippen LogP contribution < -0.4 is 0 Å². The van der Waals surface area contributed by atoms with Crippen LogP contribution in [0.25, 0.3) is 0 Å². The van der Waals surface area contributed by atoms with Crippen LogP contribution in [0, 0.1) is 5.41 Å². The highest BCUT2D eigenvalue weighted by atomic mass is 16.1. The third-order valence-corrected chi connectivity index (χ3v) is 1.49. The van der Waals surface area contributed by atoms with Crippen LogP contribution in [-0.2, 0) is 9.59 Å². The Morgan fingerprint density at radius 1 is 1.25 bits per heavy atom. The van der Waals surface area contributed by atoms with Crippen LogP contribution in [0.4, 0.5) is 0 Å². The molecule has 0 N–H and O–H groups in total. The van der Waals surface area contributed by atoms with E-state index in [1.54, 1.807) is 6.08 Å². The van der Waals surface area contributed by atoms with Gasteiger partial charge in [0.2, 0.25) is 0 Å². The second-order valence-electron chi connectivity index (χ2n) is 3.89. The predicted molar refractivity (Wildman–Crippen MR) is 48.9 cm³/mol. The van der Waals surface area contributed by atoms with Gasteiger partial charge in [-0.05, 0) is 13.0 Å². The van der Waals surface area contributed by atoms with Gasteiger partial charge in [-0.3, -0.25) is 9.59 Å². The Kier molecular flexibility index (Phi) is 3.87. The molecule has 2 nitrogen and oxygen atoms in total. The van der Waals surface area contributed by atoms with Gasteiger partial charge in [-0.1, -0.05) is 26.8 Å². The van der Waals surface area contributed by atoms with Crippen molar-refractivity contribution in [1.29, 1.82) is 0 Å². The smallest absolute Gasteiger partial charge is 0.152 e. The summed E-state index contributed by atoms with van der Waals surface area (Å²) in [5, 5.41) is 0. The van der Waals surface area contributed by atoms with Crippen molar-refractivity contribution in [1.82, 2.24) is 0 Å². The maximum absolute atomic E-state index is 11.3. The Morgan fingerprint density at radius 3 is 2.08 bits per heavy atom. The molecule has 0 rings (SSSR count). The molecule has 0 radical (unpaired) electrons. The van der Waals surface area contributed by atoms with Crippen LogP contribution in [0.3, 0.4) is 0 Å². The Balaban J connectivity index is 3.96. The van der Waals surface area contributed by atoms with Crippen molar-refractivity contribution < 1.29 is 9.59 Å². The number of hydrogen-bond acceptors (Lipinski definition) is 2. The molecule has 0 aliphatic carbocycles. The first-order valence-electron chi connectivity index (χ1n) is 4.04. The highest BCUT2D eigenvalue weighted by Crippen LogP contribution is 2.16. The first-order valence-corrected chi connectivity index (χ1v) is 4.04. The van der Waals surface area contributed by atoms with E-state index in [9.17, 15) is 9.59 Å². The standard InChI is InChI=1S/C10H16O2/c1-8(11)6-5-7-9(12)10(2,3)4/h5-6H,7H2,1-4H3. The molecular formula is C10H16O2. The summed E-state index contributed by atoms with van der Waals surface area (Å²) in [6.45, 7) is 7.09. The molecule has 0 fully saturated rings. The fourth-order valence-electron chi connectivity index (χ4n) is 0.638. The van der Waals surface area contributed by atoms with E-state index in [0.29, 0.717) is 6.42 Å². The lowest BCUT2D eigenvalue weighted by Crippen LogP contribution is -2.18. The molecule has 0 atom stereocenters. The molecule has 0 saturated carbocycles. The largest absolute Gasteiger partial charge is 0.299 e. The molecule has 0 saturated heterocycles. The molecular weight excluding hydrogens is 152 g/mol. The van der Waals surface area contributed by atoms with Crippen molar-refractivity contribution in [3.8, 4) is 0 Å². The summed E-state index contributed by atoms with van der Waals surface area (Å²) in [4.78, 5) is 21.8. The third kappa shape index (κ3) is 4.83. The average molecular weight is 168 g/mol. The zero-order chi connectivity index (χ0) is 9.78. The minimum atomic E-state index is -0.304. The number of carbonyl (C=O) groups is 2. The summed E-state index contributed by atoms with van der Waals surface area (Å²) >= 11 is 0. The summed E-state index contributed by atoms with van der Waals surface area (Å²) in [7, 11) is 0. The van der Waals surface area contributed by atoms with Gasteiger partial charge < -0.3 is 0 Å². The van der Waals surface area contributed by atoms with Gasteiger partial charge in [0.25, 0.3) is 0 Å². The molecule has 12 heavy (non-hydrogen) atoms. The van der Waals surface area contributed by atoms with Crippen LogP contribution >= 0.6 is 0 Å². The second kappa shape index (κ2) is 4.19. The summed E-state index contributed by atoms with van der Waals surface area (Å²) in [5.74, 6) is 0.136. The molecule has 0 spiro atoms. The number of allylic oxidation sites excluding steroid dienone is 2. The summed E-state index contributed by atoms with van der Waals surface area (Å²) in [6.07, 6.45) is 3.41. The van der Waals surface area contributed by atoms with Crippen LogP contribution in [0.2, 0.25) is 0 Å². The normalized spacial score (nSPS) is 12.0. The molecule has 0 heterocycles. The molecule has 0 aromatic carbocycles. The van der Waals surface area contributed by atoms with Gasteiger partial charge in [-0.25, -0.2) is 0 Å². The molecule has 0 amide bonds. The lowest BCUT2D eigenvalue weighted by molar-refractivity contribution is -0.125. The lowest BCUT2D eigenvalue weighted by atomic mass is 9.89. The van der Waals surface area contributed by atoms with E-state index >= 15 is 0 Å². The molecule has 0 unspecified atom stereocenters.